The maximum Gasteiger partial charge on any atom is 0.335 e. The van der Waals surface area contributed by atoms with Crippen molar-refractivity contribution in [2.45, 2.75) is 6.42 Å². The number of anilines is 1. The second kappa shape index (κ2) is 7.22. The number of carbonyl (C=O) groups excluding carboxylic acids is 2. The summed E-state index contributed by atoms with van der Waals surface area (Å²) in [7, 11) is 2.67. The van der Waals surface area contributed by atoms with Crippen molar-refractivity contribution >= 4 is 23.7 Å². The van der Waals surface area contributed by atoms with E-state index in [4.69, 9.17) is 5.11 Å². The number of benzene rings is 1. The number of carboxylic acid groups (broad SMARTS) is 1. The number of nitrogens with one attached hydrogen (secondary N) is 1. The number of halogens is 1. The Labute approximate surface area is 120 Å². The Bertz CT molecular complexity index is 561. The number of urea groups is 1. The summed E-state index contributed by atoms with van der Waals surface area (Å²) < 4.78 is 18.1. The molecule has 1 aromatic carbocycles. The molecular formula is C13H15FN2O5. The molecule has 0 aliphatic rings. The van der Waals surface area contributed by atoms with Gasteiger partial charge >= 0.3 is 18.0 Å². The van der Waals surface area contributed by atoms with Crippen molar-refractivity contribution < 1.29 is 28.6 Å². The standard InChI is InChI=1S/C13H15FN2O5/c1-16(6-5-11(17)21-2)13(20)15-10-4-3-8(12(18)19)7-9(10)14/h3-4,7H,5-6H2,1-2H3,(H,15,20)(H,18,19). The van der Waals surface area contributed by atoms with Crippen LogP contribution in [-0.4, -0.2) is 48.7 Å². The van der Waals surface area contributed by atoms with Crippen LogP contribution in [0.1, 0.15) is 16.8 Å². The van der Waals surface area contributed by atoms with Gasteiger partial charge < -0.3 is 20.1 Å². The molecule has 2 N–H and O–H groups in total. The zero-order valence-electron chi connectivity index (χ0n) is 11.6. The summed E-state index contributed by atoms with van der Waals surface area (Å²) in [6.45, 7) is 0.104. The van der Waals surface area contributed by atoms with Gasteiger partial charge in [0, 0.05) is 13.6 Å². The maximum atomic E-state index is 13.6. The van der Waals surface area contributed by atoms with Crippen molar-refractivity contribution in [2.75, 3.05) is 26.0 Å². The number of nitrogens with zero attached hydrogens (tertiary/aromatic N) is 1. The molecule has 114 valence electrons. The van der Waals surface area contributed by atoms with Crippen molar-refractivity contribution in [3.63, 3.8) is 0 Å². The van der Waals surface area contributed by atoms with Gasteiger partial charge in [-0.25, -0.2) is 14.0 Å². The third-order valence-electron chi connectivity index (χ3n) is 2.68. The van der Waals surface area contributed by atoms with E-state index in [1.807, 2.05) is 0 Å². The monoisotopic (exact) mass is 298 g/mol. The molecule has 0 aliphatic heterocycles. The molecule has 0 heterocycles. The van der Waals surface area contributed by atoms with E-state index in [9.17, 15) is 18.8 Å². The molecule has 0 bridgehead atoms. The van der Waals surface area contributed by atoms with Crippen molar-refractivity contribution in [3.05, 3.63) is 29.6 Å². The average Bonchev–Trinajstić information content (AvgIpc) is 2.45. The molecule has 0 fully saturated rings. The lowest BCUT2D eigenvalue weighted by atomic mass is 10.2. The molecule has 7 nitrogen and oxygen atoms in total. The molecule has 2 amide bonds. The van der Waals surface area contributed by atoms with Crippen LogP contribution in [-0.2, 0) is 9.53 Å². The van der Waals surface area contributed by atoms with Crippen LogP contribution >= 0.6 is 0 Å². The molecule has 1 aromatic rings. The lowest BCUT2D eigenvalue weighted by Crippen LogP contribution is -2.33. The largest absolute Gasteiger partial charge is 0.478 e. The molecule has 0 atom stereocenters. The van der Waals surface area contributed by atoms with Crippen molar-refractivity contribution in [1.29, 1.82) is 0 Å². The van der Waals surface area contributed by atoms with E-state index in [-0.39, 0.29) is 24.2 Å². The fraction of sp³-hybridized carbons (Fsp3) is 0.308. The minimum absolute atomic E-state index is 0.0147. The van der Waals surface area contributed by atoms with Gasteiger partial charge in [-0.05, 0) is 18.2 Å². The highest BCUT2D eigenvalue weighted by Crippen LogP contribution is 2.16. The highest BCUT2D eigenvalue weighted by molar-refractivity contribution is 5.91. The average molecular weight is 298 g/mol. The first-order chi connectivity index (χ1) is 9.85. The second-order valence-electron chi connectivity index (χ2n) is 4.18. The van der Waals surface area contributed by atoms with E-state index >= 15 is 0 Å². The van der Waals surface area contributed by atoms with Gasteiger partial charge in [-0.1, -0.05) is 0 Å². The Hall–Kier alpha value is -2.64. The lowest BCUT2D eigenvalue weighted by Gasteiger charge is -2.17. The maximum absolute atomic E-state index is 13.6. The molecule has 8 heteroatoms. The number of hydrogen-bond donors (Lipinski definition) is 2. The third-order valence-corrected chi connectivity index (χ3v) is 2.68. The van der Waals surface area contributed by atoms with Crippen molar-refractivity contribution in [3.8, 4) is 0 Å². The summed E-state index contributed by atoms with van der Waals surface area (Å²) >= 11 is 0. The van der Waals surface area contributed by atoms with Gasteiger partial charge in [0.05, 0.1) is 24.8 Å². The van der Waals surface area contributed by atoms with Gasteiger partial charge in [0.2, 0.25) is 0 Å². The van der Waals surface area contributed by atoms with Crippen LogP contribution in [0.3, 0.4) is 0 Å². The molecule has 0 aliphatic carbocycles. The second-order valence-corrected chi connectivity index (χ2v) is 4.18. The van der Waals surface area contributed by atoms with Gasteiger partial charge in [-0.3, -0.25) is 4.79 Å². The first-order valence-electron chi connectivity index (χ1n) is 5.97. The Balaban J connectivity index is 2.66. The number of ether oxygens (including phenoxy) is 1. The van der Waals surface area contributed by atoms with Gasteiger partial charge in [-0.15, -0.1) is 0 Å². The fourth-order valence-corrected chi connectivity index (χ4v) is 1.42. The Morgan fingerprint density at radius 2 is 2.05 bits per heavy atom. The zero-order chi connectivity index (χ0) is 16.0. The first-order valence-corrected chi connectivity index (χ1v) is 5.97. The summed E-state index contributed by atoms with van der Waals surface area (Å²) in [6, 6.07) is 2.52. The number of aromatic carboxylic acids is 1. The predicted molar refractivity (Wildman–Crippen MR) is 71.6 cm³/mol. The van der Waals surface area contributed by atoms with Crippen LogP contribution in [0.4, 0.5) is 14.9 Å². The lowest BCUT2D eigenvalue weighted by molar-refractivity contribution is -0.140. The molecule has 0 aromatic heterocycles. The predicted octanol–water partition coefficient (Wildman–Crippen LogP) is 1.55. The van der Waals surface area contributed by atoms with Crippen LogP contribution in [0.5, 0.6) is 0 Å². The quantitative estimate of drug-likeness (QED) is 0.804. The minimum atomic E-state index is -1.26. The summed E-state index contributed by atoms with van der Waals surface area (Å²) in [4.78, 5) is 34.6. The molecule has 0 saturated carbocycles. The van der Waals surface area contributed by atoms with Crippen LogP contribution < -0.4 is 5.32 Å². The number of carbonyl (C=O) groups is 3. The summed E-state index contributed by atoms with van der Waals surface area (Å²) in [6.07, 6.45) is 0.0147. The molecular weight excluding hydrogens is 283 g/mol. The zero-order valence-corrected chi connectivity index (χ0v) is 11.6. The normalized spacial score (nSPS) is 9.86. The van der Waals surface area contributed by atoms with Crippen LogP contribution in [0.25, 0.3) is 0 Å². The molecule has 0 spiro atoms. The number of amides is 2. The van der Waals surface area contributed by atoms with E-state index in [0.29, 0.717) is 0 Å². The van der Waals surface area contributed by atoms with Gasteiger partial charge in [0.1, 0.15) is 5.82 Å². The number of esters is 1. The SMILES string of the molecule is COC(=O)CCN(C)C(=O)Nc1ccc(C(=O)O)cc1F. The number of carboxylic acids is 1. The van der Waals surface area contributed by atoms with Crippen LogP contribution in [0.15, 0.2) is 18.2 Å². The smallest absolute Gasteiger partial charge is 0.335 e. The topological polar surface area (TPSA) is 95.9 Å². The van der Waals surface area contributed by atoms with Crippen LogP contribution in [0, 0.1) is 5.82 Å². The van der Waals surface area contributed by atoms with E-state index in [1.165, 1.54) is 25.1 Å². The fourth-order valence-electron chi connectivity index (χ4n) is 1.42. The summed E-state index contributed by atoms with van der Waals surface area (Å²) in [5, 5.41) is 11.0. The van der Waals surface area contributed by atoms with Gasteiger partial charge in [0.15, 0.2) is 0 Å². The first kappa shape index (κ1) is 16.4. The number of methoxy groups -OCH3 is 1. The minimum Gasteiger partial charge on any atom is -0.478 e. The molecule has 21 heavy (non-hydrogen) atoms. The third kappa shape index (κ3) is 4.75. The van der Waals surface area contributed by atoms with E-state index in [2.05, 4.69) is 10.1 Å². The van der Waals surface area contributed by atoms with E-state index in [0.717, 1.165) is 12.1 Å². The highest BCUT2D eigenvalue weighted by Gasteiger charge is 2.14. The Morgan fingerprint density at radius 3 is 2.57 bits per heavy atom. The molecule has 0 saturated heterocycles. The molecule has 0 unspecified atom stereocenters. The molecule has 1 rings (SSSR count). The summed E-state index contributed by atoms with van der Waals surface area (Å²) in [5.74, 6) is -2.58. The number of hydrogen-bond acceptors (Lipinski definition) is 4. The van der Waals surface area contributed by atoms with Gasteiger partial charge in [0.25, 0.3) is 0 Å². The summed E-state index contributed by atoms with van der Waals surface area (Å²) in [5.41, 5.74) is -0.362. The van der Waals surface area contributed by atoms with Crippen LogP contribution in [0.2, 0.25) is 0 Å². The highest BCUT2D eigenvalue weighted by atomic mass is 19.1. The Kier molecular flexibility index (Phi) is 5.65. The van der Waals surface area contributed by atoms with Crippen molar-refractivity contribution in [2.24, 2.45) is 0 Å². The number of rotatable bonds is 5. The van der Waals surface area contributed by atoms with Gasteiger partial charge in [-0.2, -0.15) is 0 Å². The van der Waals surface area contributed by atoms with E-state index < -0.39 is 23.8 Å². The van der Waals surface area contributed by atoms with E-state index in [1.54, 1.807) is 0 Å². The Morgan fingerprint density at radius 1 is 1.38 bits per heavy atom. The molecule has 0 radical (unpaired) electrons. The van der Waals surface area contributed by atoms with Crippen molar-refractivity contribution in [1.82, 2.24) is 4.90 Å².